The molecule has 6 heteroatoms. The van der Waals surface area contributed by atoms with Crippen LogP contribution in [-0.4, -0.2) is 45.8 Å². The molecule has 0 bridgehead atoms. The average Bonchev–Trinajstić information content (AvgIpc) is 3.39. The predicted molar refractivity (Wildman–Crippen MR) is 117 cm³/mol. The van der Waals surface area contributed by atoms with E-state index in [1.807, 2.05) is 12.1 Å². The Hall–Kier alpha value is -2.93. The Balaban J connectivity index is 1.49. The summed E-state index contributed by atoms with van der Waals surface area (Å²) in [5, 5.41) is 19.5. The molecule has 2 aromatic carbocycles. The maximum atomic E-state index is 11.2. The smallest absolute Gasteiger partial charge is 0.267 e. The third-order valence-electron chi connectivity index (χ3n) is 5.92. The molecule has 0 fully saturated rings. The summed E-state index contributed by atoms with van der Waals surface area (Å²) in [4.78, 5) is 16.9. The molecule has 0 saturated carbocycles. The highest BCUT2D eigenvalue weighted by atomic mass is 16.5. The number of aliphatic hydroxyl groups excluding tert-OH is 1. The third kappa shape index (κ3) is 4.31. The molecule has 0 saturated heterocycles. The first-order chi connectivity index (χ1) is 14.7. The highest BCUT2D eigenvalue weighted by Gasteiger charge is 2.27. The van der Waals surface area contributed by atoms with Crippen LogP contribution >= 0.6 is 0 Å². The van der Waals surface area contributed by atoms with Crippen molar-refractivity contribution in [2.75, 3.05) is 19.7 Å². The second kappa shape index (κ2) is 9.26. The van der Waals surface area contributed by atoms with E-state index in [-0.39, 0.29) is 12.6 Å². The van der Waals surface area contributed by atoms with Gasteiger partial charge in [-0.05, 0) is 53.7 Å². The van der Waals surface area contributed by atoms with Gasteiger partial charge >= 0.3 is 0 Å². The lowest BCUT2D eigenvalue weighted by molar-refractivity contribution is -0.124. The molecule has 1 amide bonds. The van der Waals surface area contributed by atoms with Crippen molar-refractivity contribution in [2.45, 2.75) is 25.3 Å². The minimum Gasteiger partial charge on any atom is -0.395 e. The van der Waals surface area contributed by atoms with Crippen LogP contribution in [0.4, 0.5) is 0 Å². The summed E-state index contributed by atoms with van der Waals surface area (Å²) in [6.45, 7) is 1.66. The van der Waals surface area contributed by atoms with E-state index in [1.54, 1.807) is 11.6 Å². The number of fused-ring (bicyclic) bond motifs is 2. The van der Waals surface area contributed by atoms with Gasteiger partial charge in [0.1, 0.15) is 0 Å². The van der Waals surface area contributed by atoms with Gasteiger partial charge < -0.3 is 10.1 Å². The lowest BCUT2D eigenvalue weighted by atomic mass is 10.0. The van der Waals surface area contributed by atoms with Gasteiger partial charge in [0, 0.05) is 42.3 Å². The second-order valence-electron chi connectivity index (χ2n) is 7.69. The molecule has 0 spiro atoms. The van der Waals surface area contributed by atoms with E-state index in [0.29, 0.717) is 6.54 Å². The minimum atomic E-state index is -0.542. The summed E-state index contributed by atoms with van der Waals surface area (Å²) in [6, 6.07) is 14.9. The van der Waals surface area contributed by atoms with E-state index in [0.717, 1.165) is 36.9 Å². The number of nitrogens with zero attached hydrogens (tertiary/aromatic N) is 1. The summed E-state index contributed by atoms with van der Waals surface area (Å²) in [5.41, 5.74) is 7.57. The van der Waals surface area contributed by atoms with E-state index in [4.69, 9.17) is 5.21 Å². The van der Waals surface area contributed by atoms with Crippen LogP contribution in [0.25, 0.3) is 17.0 Å². The molecule has 4 N–H and O–H groups in total. The van der Waals surface area contributed by atoms with Crippen LogP contribution in [0.2, 0.25) is 0 Å². The number of hydroxylamine groups is 1. The zero-order chi connectivity index (χ0) is 20.9. The van der Waals surface area contributed by atoms with Gasteiger partial charge in [-0.25, -0.2) is 5.48 Å². The van der Waals surface area contributed by atoms with Crippen molar-refractivity contribution in [3.8, 4) is 0 Å². The van der Waals surface area contributed by atoms with Gasteiger partial charge in [-0.15, -0.1) is 0 Å². The van der Waals surface area contributed by atoms with Crippen LogP contribution in [0.3, 0.4) is 0 Å². The number of aromatic amines is 1. The first kappa shape index (κ1) is 20.3. The molecule has 0 aliphatic heterocycles. The van der Waals surface area contributed by atoms with Crippen molar-refractivity contribution in [1.82, 2.24) is 15.4 Å². The van der Waals surface area contributed by atoms with Crippen molar-refractivity contribution in [1.29, 1.82) is 0 Å². The number of aliphatic hydroxyl groups is 1. The molecule has 156 valence electrons. The minimum absolute atomic E-state index is 0.136. The fourth-order valence-electron chi connectivity index (χ4n) is 4.46. The van der Waals surface area contributed by atoms with Gasteiger partial charge in [0.2, 0.25) is 0 Å². The predicted octanol–water partition coefficient (Wildman–Crippen LogP) is 3.21. The van der Waals surface area contributed by atoms with E-state index < -0.39 is 5.91 Å². The van der Waals surface area contributed by atoms with Crippen molar-refractivity contribution in [2.24, 2.45) is 0 Å². The van der Waals surface area contributed by atoms with Gasteiger partial charge in [-0.1, -0.05) is 36.4 Å². The fourth-order valence-corrected chi connectivity index (χ4v) is 4.46. The number of hydrogen-bond acceptors (Lipinski definition) is 4. The Morgan fingerprint density at radius 1 is 1.23 bits per heavy atom. The Bertz CT molecular complexity index is 1060. The SMILES string of the molecule is O=C(/C=C/c1ccc2c(c1)CC[C@@H]2N(CCO)CCc1c[nH]c2ccccc12)NO. The van der Waals surface area contributed by atoms with Crippen molar-refractivity contribution in [3.05, 3.63) is 77.0 Å². The van der Waals surface area contributed by atoms with Gasteiger partial charge in [-0.3, -0.25) is 14.9 Å². The number of nitrogens with one attached hydrogen (secondary N) is 2. The summed E-state index contributed by atoms with van der Waals surface area (Å²) in [5.74, 6) is -0.542. The molecule has 1 aliphatic rings. The van der Waals surface area contributed by atoms with Crippen LogP contribution in [-0.2, 0) is 17.6 Å². The van der Waals surface area contributed by atoms with Gasteiger partial charge in [0.15, 0.2) is 0 Å². The van der Waals surface area contributed by atoms with Crippen LogP contribution in [0.5, 0.6) is 0 Å². The highest BCUT2D eigenvalue weighted by molar-refractivity contribution is 5.90. The van der Waals surface area contributed by atoms with Crippen LogP contribution < -0.4 is 5.48 Å². The number of amides is 1. The number of carbonyl (C=O) groups excluding carboxylic acids is 1. The van der Waals surface area contributed by atoms with Crippen molar-refractivity contribution < 1.29 is 15.1 Å². The largest absolute Gasteiger partial charge is 0.395 e. The molecular weight excluding hydrogens is 378 g/mol. The first-order valence-corrected chi connectivity index (χ1v) is 10.3. The number of para-hydroxylation sites is 1. The van der Waals surface area contributed by atoms with Crippen LogP contribution in [0.1, 0.15) is 34.7 Å². The number of hydrogen-bond donors (Lipinski definition) is 4. The molecule has 1 atom stereocenters. The van der Waals surface area contributed by atoms with E-state index in [1.165, 1.54) is 28.2 Å². The molecule has 1 aromatic heterocycles. The maximum absolute atomic E-state index is 11.2. The topological polar surface area (TPSA) is 88.6 Å². The molecule has 0 radical (unpaired) electrons. The molecule has 1 aliphatic carbocycles. The standard InChI is InChI=1S/C24H27N3O3/c28-14-13-27(12-11-19-16-25-22-4-2-1-3-20(19)22)23-9-7-18-15-17(5-8-21(18)23)6-10-24(29)26-30/h1-6,8,10,15-16,23,25,28,30H,7,9,11-14H2,(H,26,29)/b10-6+/t23-/m0/s1. The molecule has 3 aromatic rings. The summed E-state index contributed by atoms with van der Waals surface area (Å²) in [7, 11) is 0. The monoisotopic (exact) mass is 405 g/mol. The lowest BCUT2D eigenvalue weighted by Gasteiger charge is -2.29. The molecule has 30 heavy (non-hydrogen) atoms. The van der Waals surface area contributed by atoms with E-state index in [2.05, 4.69) is 46.4 Å². The molecule has 1 heterocycles. The van der Waals surface area contributed by atoms with Gasteiger partial charge in [-0.2, -0.15) is 0 Å². The van der Waals surface area contributed by atoms with Crippen LogP contribution in [0, 0.1) is 0 Å². The van der Waals surface area contributed by atoms with Crippen molar-refractivity contribution >= 4 is 22.9 Å². The Kier molecular flexibility index (Phi) is 6.28. The Labute approximate surface area is 175 Å². The summed E-state index contributed by atoms with van der Waals surface area (Å²) >= 11 is 0. The normalized spacial score (nSPS) is 15.9. The number of aromatic nitrogens is 1. The maximum Gasteiger partial charge on any atom is 0.267 e. The third-order valence-corrected chi connectivity index (χ3v) is 5.92. The number of carbonyl (C=O) groups is 1. The molecular formula is C24H27N3O3. The number of benzene rings is 2. The van der Waals surface area contributed by atoms with Gasteiger partial charge in [0.25, 0.3) is 5.91 Å². The number of aryl methyl sites for hydroxylation is 1. The van der Waals surface area contributed by atoms with Gasteiger partial charge in [0.05, 0.1) is 6.61 Å². The molecule has 6 nitrogen and oxygen atoms in total. The molecule has 0 unspecified atom stereocenters. The Morgan fingerprint density at radius 2 is 2.10 bits per heavy atom. The Morgan fingerprint density at radius 3 is 2.93 bits per heavy atom. The van der Waals surface area contributed by atoms with E-state index in [9.17, 15) is 9.90 Å². The highest BCUT2D eigenvalue weighted by Crippen LogP contribution is 2.36. The van der Waals surface area contributed by atoms with Crippen molar-refractivity contribution in [3.63, 3.8) is 0 Å². The summed E-state index contributed by atoms with van der Waals surface area (Å²) in [6.07, 6.45) is 8.02. The second-order valence-corrected chi connectivity index (χ2v) is 7.69. The fraction of sp³-hybridized carbons (Fsp3) is 0.292. The first-order valence-electron chi connectivity index (χ1n) is 10.3. The number of H-pyrrole nitrogens is 1. The zero-order valence-corrected chi connectivity index (χ0v) is 16.8. The number of rotatable bonds is 8. The molecule has 4 rings (SSSR count). The summed E-state index contributed by atoms with van der Waals surface area (Å²) < 4.78 is 0. The van der Waals surface area contributed by atoms with Crippen LogP contribution in [0.15, 0.2) is 54.7 Å². The average molecular weight is 405 g/mol. The zero-order valence-electron chi connectivity index (χ0n) is 16.8. The van der Waals surface area contributed by atoms with E-state index >= 15 is 0 Å². The lowest BCUT2D eigenvalue weighted by Crippen LogP contribution is -2.32. The quantitative estimate of drug-likeness (QED) is 0.263.